The highest BCUT2D eigenvalue weighted by Gasteiger charge is 2.51. The molecule has 4 nitrogen and oxygen atoms in total. The maximum Gasteiger partial charge on any atom is 0.164 e. The minimum atomic E-state index is -0.373. The van der Waals surface area contributed by atoms with Crippen molar-refractivity contribution >= 4 is 21.9 Å². The van der Waals surface area contributed by atoms with E-state index in [0.29, 0.717) is 17.5 Å². The van der Waals surface area contributed by atoms with Crippen LogP contribution in [0.1, 0.15) is 22.3 Å². The molecular weight excluding hydrogens is 755 g/mol. The first-order valence-corrected chi connectivity index (χ1v) is 21.1. The third-order valence-electron chi connectivity index (χ3n) is 13.0. The summed E-state index contributed by atoms with van der Waals surface area (Å²) in [5.74, 6) is 1.82. The van der Waals surface area contributed by atoms with Gasteiger partial charge < -0.3 is 4.42 Å². The normalized spacial score (nSPS) is 13.0. The van der Waals surface area contributed by atoms with Crippen LogP contribution in [0.2, 0.25) is 0 Å². The van der Waals surface area contributed by atoms with Crippen LogP contribution < -0.4 is 0 Å². The second kappa shape index (κ2) is 13.4. The fourth-order valence-electron chi connectivity index (χ4n) is 10.3. The van der Waals surface area contributed by atoms with E-state index in [1.54, 1.807) is 0 Å². The Morgan fingerprint density at radius 2 is 0.774 bits per heavy atom. The van der Waals surface area contributed by atoms with Gasteiger partial charge >= 0.3 is 0 Å². The van der Waals surface area contributed by atoms with Gasteiger partial charge in [0.25, 0.3) is 0 Å². The highest BCUT2D eigenvalue weighted by Crippen LogP contribution is 2.63. The Kier molecular flexibility index (Phi) is 7.49. The Morgan fingerprint density at radius 3 is 1.48 bits per heavy atom. The first-order chi connectivity index (χ1) is 30.7. The molecule has 13 rings (SSSR count). The van der Waals surface area contributed by atoms with Gasteiger partial charge in [-0.2, -0.15) is 0 Å². The summed E-state index contributed by atoms with van der Waals surface area (Å²) in [7, 11) is 0. The third kappa shape index (κ3) is 5.04. The number of hydrogen-bond donors (Lipinski definition) is 0. The first kappa shape index (κ1) is 34.6. The van der Waals surface area contributed by atoms with E-state index in [-0.39, 0.29) is 5.41 Å². The second-order valence-electron chi connectivity index (χ2n) is 16.3. The molecule has 0 fully saturated rings. The molecule has 0 aliphatic heterocycles. The SMILES string of the molecule is c1ccc(-c2cccc(-c3nc(-c4ccccc4)nc(-c4cccc5oc6ccc(-c7ccc8c(c7)-c7ccccc7C87c8ccccc8-c8ccccc87)cc6c45)n3)c2)cc1. The molecule has 288 valence electrons. The zero-order chi connectivity index (χ0) is 40.8. The molecule has 2 aromatic heterocycles. The number of aromatic nitrogens is 3. The molecule has 0 atom stereocenters. The van der Waals surface area contributed by atoms with E-state index < -0.39 is 0 Å². The molecule has 0 saturated carbocycles. The lowest BCUT2D eigenvalue weighted by atomic mass is 9.70. The quantitative estimate of drug-likeness (QED) is 0.174. The van der Waals surface area contributed by atoms with Crippen LogP contribution in [-0.4, -0.2) is 15.0 Å². The van der Waals surface area contributed by atoms with Gasteiger partial charge in [0.1, 0.15) is 11.2 Å². The molecule has 4 heteroatoms. The van der Waals surface area contributed by atoms with Crippen molar-refractivity contribution in [2.45, 2.75) is 5.41 Å². The number of rotatable bonds is 5. The van der Waals surface area contributed by atoms with E-state index in [1.165, 1.54) is 44.5 Å². The molecule has 2 aliphatic carbocycles. The monoisotopic (exact) mass is 789 g/mol. The van der Waals surface area contributed by atoms with Gasteiger partial charge in [0.2, 0.25) is 0 Å². The summed E-state index contributed by atoms with van der Waals surface area (Å²) in [6, 6.07) is 75.6. The molecule has 0 radical (unpaired) electrons. The van der Waals surface area contributed by atoms with Crippen molar-refractivity contribution in [3.05, 3.63) is 235 Å². The van der Waals surface area contributed by atoms with Gasteiger partial charge in [0.05, 0.1) is 5.41 Å². The highest BCUT2D eigenvalue weighted by atomic mass is 16.3. The number of fused-ring (bicyclic) bond motifs is 13. The zero-order valence-electron chi connectivity index (χ0n) is 33.5. The summed E-state index contributed by atoms with van der Waals surface area (Å²) in [5, 5.41) is 1.99. The second-order valence-corrected chi connectivity index (χ2v) is 16.3. The Balaban J connectivity index is 0.977. The maximum atomic E-state index is 6.58. The van der Waals surface area contributed by atoms with Gasteiger partial charge in [-0.3, -0.25) is 0 Å². The molecule has 0 saturated heterocycles. The first-order valence-electron chi connectivity index (χ1n) is 21.1. The van der Waals surface area contributed by atoms with Crippen molar-refractivity contribution < 1.29 is 4.42 Å². The summed E-state index contributed by atoms with van der Waals surface area (Å²) in [6.45, 7) is 0. The van der Waals surface area contributed by atoms with Gasteiger partial charge in [0, 0.05) is 27.5 Å². The van der Waals surface area contributed by atoms with E-state index in [9.17, 15) is 0 Å². The van der Waals surface area contributed by atoms with Gasteiger partial charge in [-0.15, -0.1) is 0 Å². The lowest BCUT2D eigenvalue weighted by Gasteiger charge is -2.30. The minimum Gasteiger partial charge on any atom is -0.456 e. The third-order valence-corrected chi connectivity index (χ3v) is 13.0. The summed E-state index contributed by atoms with van der Waals surface area (Å²) in [6.07, 6.45) is 0. The van der Waals surface area contributed by atoms with Gasteiger partial charge in [-0.25, -0.2) is 15.0 Å². The fraction of sp³-hybridized carbons (Fsp3) is 0.0172. The van der Waals surface area contributed by atoms with E-state index in [0.717, 1.165) is 60.9 Å². The molecular formula is C58H35N3O. The predicted molar refractivity (Wildman–Crippen MR) is 251 cm³/mol. The molecule has 1 spiro atoms. The van der Waals surface area contributed by atoms with Gasteiger partial charge in [0.15, 0.2) is 17.5 Å². The predicted octanol–water partition coefficient (Wildman–Crippen LogP) is 14.4. The minimum absolute atomic E-state index is 0.373. The molecule has 0 unspecified atom stereocenters. The Morgan fingerprint density at radius 1 is 0.290 bits per heavy atom. The van der Waals surface area contributed by atoms with E-state index in [1.807, 2.05) is 48.5 Å². The topological polar surface area (TPSA) is 51.8 Å². The van der Waals surface area contributed by atoms with Crippen LogP contribution in [0.5, 0.6) is 0 Å². The molecule has 9 aromatic carbocycles. The lowest BCUT2D eigenvalue weighted by Crippen LogP contribution is -2.25. The molecule has 2 heterocycles. The van der Waals surface area contributed by atoms with Crippen LogP contribution in [0.25, 0.3) is 101 Å². The summed E-state index contributed by atoms with van der Waals surface area (Å²) in [5.41, 5.74) is 19.0. The van der Waals surface area contributed by atoms with Crippen molar-refractivity contribution in [3.8, 4) is 78.7 Å². The molecule has 2 aliphatic rings. The smallest absolute Gasteiger partial charge is 0.164 e. The van der Waals surface area contributed by atoms with Crippen LogP contribution >= 0.6 is 0 Å². The summed E-state index contributed by atoms with van der Waals surface area (Å²) >= 11 is 0. The van der Waals surface area contributed by atoms with Crippen molar-refractivity contribution in [1.29, 1.82) is 0 Å². The Bertz CT molecular complexity index is 3540. The molecule has 0 N–H and O–H groups in total. The Labute approximate surface area is 358 Å². The number of nitrogens with zero attached hydrogens (tertiary/aromatic N) is 3. The van der Waals surface area contributed by atoms with E-state index >= 15 is 0 Å². The zero-order valence-corrected chi connectivity index (χ0v) is 33.5. The number of hydrogen-bond acceptors (Lipinski definition) is 4. The standard InChI is InChI=1S/C58H35N3O/c1-3-15-36(16-4-1)38-19-13-20-41(33-38)56-59-55(37-17-5-2-6-18-37)60-57(61-56)45-24-14-28-53-54(45)47-35-40(30-32-52(47)62-53)39-29-31-51-46(34-39)44-23-9-12-27-50(44)58(51)48-25-10-7-21-42(48)43-22-8-11-26-49(43)58/h1-35H. The molecule has 0 bridgehead atoms. The van der Waals surface area contributed by atoms with Crippen LogP contribution in [0.3, 0.4) is 0 Å². The van der Waals surface area contributed by atoms with Crippen molar-refractivity contribution in [3.63, 3.8) is 0 Å². The van der Waals surface area contributed by atoms with E-state index in [4.69, 9.17) is 19.4 Å². The fourth-order valence-corrected chi connectivity index (χ4v) is 10.3. The number of benzene rings is 9. The average molecular weight is 790 g/mol. The molecule has 0 amide bonds. The van der Waals surface area contributed by atoms with Crippen LogP contribution in [0, 0.1) is 0 Å². The van der Waals surface area contributed by atoms with Gasteiger partial charge in [-0.05, 0) is 97.1 Å². The Hall–Kier alpha value is -8.21. The largest absolute Gasteiger partial charge is 0.456 e. The summed E-state index contributed by atoms with van der Waals surface area (Å²) < 4.78 is 6.58. The van der Waals surface area contributed by atoms with E-state index in [2.05, 4.69) is 164 Å². The molecule has 11 aromatic rings. The van der Waals surface area contributed by atoms with Crippen molar-refractivity contribution in [1.82, 2.24) is 15.0 Å². The summed E-state index contributed by atoms with van der Waals surface area (Å²) in [4.78, 5) is 15.4. The van der Waals surface area contributed by atoms with Gasteiger partial charge in [-0.1, -0.05) is 182 Å². The van der Waals surface area contributed by atoms with Crippen molar-refractivity contribution in [2.24, 2.45) is 0 Å². The van der Waals surface area contributed by atoms with Crippen LogP contribution in [0.4, 0.5) is 0 Å². The highest BCUT2D eigenvalue weighted by molar-refractivity contribution is 6.13. The van der Waals surface area contributed by atoms with Crippen LogP contribution in [-0.2, 0) is 5.41 Å². The molecule has 62 heavy (non-hydrogen) atoms. The van der Waals surface area contributed by atoms with Crippen molar-refractivity contribution in [2.75, 3.05) is 0 Å². The lowest BCUT2D eigenvalue weighted by molar-refractivity contribution is 0.669. The van der Waals surface area contributed by atoms with Crippen LogP contribution in [0.15, 0.2) is 217 Å². The number of furan rings is 1. The average Bonchev–Trinajstić information content (AvgIpc) is 3.98. The maximum absolute atomic E-state index is 6.58.